The maximum Gasteiger partial charge on any atom is 0.336 e. The molecule has 0 aromatic heterocycles. The molecule has 6 heteroatoms. The van der Waals surface area contributed by atoms with Gasteiger partial charge in [-0.1, -0.05) is 0 Å². The van der Waals surface area contributed by atoms with E-state index in [0.29, 0.717) is 33.0 Å². The average Bonchev–Trinajstić information content (AvgIpc) is 2.34. The molecule has 0 aromatic carbocycles. The number of rotatable bonds is 7. The fraction of sp³-hybridized carbons (Fsp3) is 0.900. The highest BCUT2D eigenvalue weighted by atomic mass is 16.6. The minimum absolute atomic E-state index is 0.252. The third-order valence-electron chi connectivity index (χ3n) is 2.09. The van der Waals surface area contributed by atoms with Crippen LogP contribution in [0.2, 0.25) is 0 Å². The molecule has 94 valence electrons. The van der Waals surface area contributed by atoms with Gasteiger partial charge < -0.3 is 24.3 Å². The van der Waals surface area contributed by atoms with Crippen molar-refractivity contribution in [2.75, 3.05) is 53.2 Å². The van der Waals surface area contributed by atoms with Crippen LogP contribution in [0.1, 0.15) is 0 Å². The number of ether oxygens (including phenoxy) is 4. The molecule has 1 atom stereocenters. The van der Waals surface area contributed by atoms with E-state index in [-0.39, 0.29) is 12.6 Å². The Balaban J connectivity index is 1.97. The summed E-state index contributed by atoms with van der Waals surface area (Å²) < 4.78 is 20.2. The highest BCUT2D eigenvalue weighted by molar-refractivity contribution is 5.75. The molecule has 0 aromatic rings. The number of esters is 1. The molecule has 0 bridgehead atoms. The number of methoxy groups -OCH3 is 1. The van der Waals surface area contributed by atoms with Gasteiger partial charge in [-0.15, -0.1) is 0 Å². The lowest BCUT2D eigenvalue weighted by Crippen LogP contribution is -2.44. The zero-order valence-corrected chi connectivity index (χ0v) is 9.57. The van der Waals surface area contributed by atoms with Crippen LogP contribution in [0.4, 0.5) is 0 Å². The van der Waals surface area contributed by atoms with Crippen LogP contribution in [0.3, 0.4) is 0 Å². The number of carbonyl (C=O) groups is 1. The second-order valence-electron chi connectivity index (χ2n) is 3.34. The average molecular weight is 233 g/mol. The van der Waals surface area contributed by atoms with Gasteiger partial charge in [-0.05, 0) is 0 Å². The van der Waals surface area contributed by atoms with Crippen LogP contribution in [0.5, 0.6) is 0 Å². The van der Waals surface area contributed by atoms with Crippen LogP contribution in [-0.4, -0.2) is 65.3 Å². The standard InChI is InChI=1S/C10H19NO5/c1-13-4-5-14-6-7-16-10(12)9-8-11-2-3-15-9/h9,11H,2-8H2,1H3. The normalized spacial score (nSPS) is 20.7. The summed E-state index contributed by atoms with van der Waals surface area (Å²) in [6.45, 7) is 3.54. The van der Waals surface area contributed by atoms with Gasteiger partial charge in [0.2, 0.25) is 0 Å². The summed E-state index contributed by atoms with van der Waals surface area (Å²) in [4.78, 5) is 11.4. The smallest absolute Gasteiger partial charge is 0.336 e. The molecule has 1 fully saturated rings. The maximum atomic E-state index is 11.4. The summed E-state index contributed by atoms with van der Waals surface area (Å²) in [5, 5.41) is 3.06. The molecule has 1 aliphatic rings. The van der Waals surface area contributed by atoms with Gasteiger partial charge in [0.05, 0.1) is 26.4 Å². The zero-order chi connectivity index (χ0) is 11.6. The van der Waals surface area contributed by atoms with Crippen LogP contribution < -0.4 is 5.32 Å². The number of hydrogen-bond donors (Lipinski definition) is 1. The zero-order valence-electron chi connectivity index (χ0n) is 9.57. The van der Waals surface area contributed by atoms with Crippen LogP contribution >= 0.6 is 0 Å². The molecule has 0 saturated carbocycles. The minimum atomic E-state index is -0.479. The molecule has 6 nitrogen and oxygen atoms in total. The highest BCUT2D eigenvalue weighted by Crippen LogP contribution is 1.98. The Morgan fingerprint density at radius 2 is 2.19 bits per heavy atom. The van der Waals surface area contributed by atoms with E-state index in [1.54, 1.807) is 7.11 Å². The van der Waals surface area contributed by atoms with Crippen molar-refractivity contribution < 1.29 is 23.7 Å². The maximum absolute atomic E-state index is 11.4. The number of morpholine rings is 1. The van der Waals surface area contributed by atoms with E-state index in [4.69, 9.17) is 18.9 Å². The molecular formula is C10H19NO5. The molecule has 1 aliphatic heterocycles. The fourth-order valence-electron chi connectivity index (χ4n) is 1.26. The molecule has 1 heterocycles. The van der Waals surface area contributed by atoms with Gasteiger partial charge >= 0.3 is 5.97 Å². The van der Waals surface area contributed by atoms with Gasteiger partial charge in [-0.25, -0.2) is 4.79 Å². The summed E-state index contributed by atoms with van der Waals surface area (Å²) in [5.74, 6) is -0.331. The van der Waals surface area contributed by atoms with E-state index < -0.39 is 6.10 Å². The Bertz CT molecular complexity index is 194. The lowest BCUT2D eigenvalue weighted by atomic mass is 10.3. The first kappa shape index (κ1) is 13.4. The molecule has 1 N–H and O–H groups in total. The summed E-state index contributed by atoms with van der Waals surface area (Å²) in [6.07, 6.45) is -0.479. The number of carbonyl (C=O) groups excluding carboxylic acids is 1. The quantitative estimate of drug-likeness (QED) is 0.458. The van der Waals surface area contributed by atoms with Crippen LogP contribution in [0.25, 0.3) is 0 Å². The van der Waals surface area contributed by atoms with Crippen molar-refractivity contribution in [2.45, 2.75) is 6.10 Å². The van der Waals surface area contributed by atoms with E-state index in [0.717, 1.165) is 6.54 Å². The van der Waals surface area contributed by atoms with E-state index in [1.165, 1.54) is 0 Å². The van der Waals surface area contributed by atoms with Crippen molar-refractivity contribution in [2.24, 2.45) is 0 Å². The van der Waals surface area contributed by atoms with Crippen molar-refractivity contribution in [3.05, 3.63) is 0 Å². The second kappa shape index (κ2) is 8.46. The fourth-order valence-corrected chi connectivity index (χ4v) is 1.26. The van der Waals surface area contributed by atoms with E-state index in [1.807, 2.05) is 0 Å². The SMILES string of the molecule is COCCOCCOC(=O)C1CNCCO1. The molecule has 0 amide bonds. The van der Waals surface area contributed by atoms with Gasteiger partial charge in [0.15, 0.2) is 6.10 Å². The molecule has 1 rings (SSSR count). The monoisotopic (exact) mass is 233 g/mol. The van der Waals surface area contributed by atoms with Crippen molar-refractivity contribution >= 4 is 5.97 Å². The Kier molecular flexibility index (Phi) is 7.07. The third-order valence-corrected chi connectivity index (χ3v) is 2.09. The Labute approximate surface area is 95.2 Å². The molecule has 0 radical (unpaired) electrons. The van der Waals surface area contributed by atoms with Crippen LogP contribution in [0, 0.1) is 0 Å². The Morgan fingerprint density at radius 1 is 1.38 bits per heavy atom. The summed E-state index contributed by atoms with van der Waals surface area (Å²) >= 11 is 0. The van der Waals surface area contributed by atoms with Crippen molar-refractivity contribution in [1.82, 2.24) is 5.32 Å². The molecule has 0 aliphatic carbocycles. The summed E-state index contributed by atoms with van der Waals surface area (Å²) in [5.41, 5.74) is 0. The number of nitrogens with one attached hydrogen (secondary N) is 1. The van der Waals surface area contributed by atoms with Crippen molar-refractivity contribution in [3.63, 3.8) is 0 Å². The lowest BCUT2D eigenvalue weighted by Gasteiger charge is -2.21. The predicted octanol–water partition coefficient (Wildman–Crippen LogP) is -0.819. The molecule has 16 heavy (non-hydrogen) atoms. The highest BCUT2D eigenvalue weighted by Gasteiger charge is 2.22. The first-order chi connectivity index (χ1) is 7.84. The molecule has 1 unspecified atom stereocenters. The van der Waals surface area contributed by atoms with Gasteiger partial charge in [0.1, 0.15) is 6.61 Å². The van der Waals surface area contributed by atoms with E-state index >= 15 is 0 Å². The van der Waals surface area contributed by atoms with E-state index in [2.05, 4.69) is 5.32 Å². The first-order valence-corrected chi connectivity index (χ1v) is 5.40. The second-order valence-corrected chi connectivity index (χ2v) is 3.34. The Hall–Kier alpha value is -0.690. The third kappa shape index (κ3) is 5.41. The van der Waals surface area contributed by atoms with Gasteiger partial charge in [-0.3, -0.25) is 0 Å². The molecule has 1 saturated heterocycles. The number of hydrogen-bond acceptors (Lipinski definition) is 6. The summed E-state index contributed by atoms with van der Waals surface area (Å²) in [6, 6.07) is 0. The first-order valence-electron chi connectivity index (χ1n) is 5.40. The predicted molar refractivity (Wildman–Crippen MR) is 56.3 cm³/mol. The van der Waals surface area contributed by atoms with Crippen LogP contribution in [0.15, 0.2) is 0 Å². The largest absolute Gasteiger partial charge is 0.461 e. The lowest BCUT2D eigenvalue weighted by molar-refractivity contribution is -0.160. The van der Waals surface area contributed by atoms with Gasteiger partial charge in [0.25, 0.3) is 0 Å². The van der Waals surface area contributed by atoms with Crippen molar-refractivity contribution in [1.29, 1.82) is 0 Å². The topological polar surface area (TPSA) is 66.0 Å². The minimum Gasteiger partial charge on any atom is -0.461 e. The molecular weight excluding hydrogens is 214 g/mol. The van der Waals surface area contributed by atoms with Gasteiger partial charge in [-0.2, -0.15) is 0 Å². The van der Waals surface area contributed by atoms with Gasteiger partial charge in [0, 0.05) is 20.2 Å². The Morgan fingerprint density at radius 3 is 2.88 bits per heavy atom. The van der Waals surface area contributed by atoms with Crippen LogP contribution in [-0.2, 0) is 23.7 Å². The summed E-state index contributed by atoms with van der Waals surface area (Å²) in [7, 11) is 1.61. The van der Waals surface area contributed by atoms with E-state index in [9.17, 15) is 4.79 Å². The van der Waals surface area contributed by atoms with Crippen molar-refractivity contribution in [3.8, 4) is 0 Å². The molecule has 0 spiro atoms.